The molecule has 0 aliphatic rings. The molecule has 6 heteroatoms. The van der Waals surface area contributed by atoms with Crippen molar-refractivity contribution in [3.8, 4) is 5.75 Å². The Balaban J connectivity index is 2.37. The highest BCUT2D eigenvalue weighted by Gasteiger charge is 2.05. The van der Waals surface area contributed by atoms with Crippen molar-refractivity contribution in [2.75, 3.05) is 25.6 Å². The molecule has 6 nitrogen and oxygen atoms in total. The van der Waals surface area contributed by atoms with Crippen molar-refractivity contribution < 1.29 is 19.1 Å². The second kappa shape index (κ2) is 7.16. The van der Waals surface area contributed by atoms with Gasteiger partial charge in [-0.2, -0.15) is 0 Å². The molecule has 0 bridgehead atoms. The van der Waals surface area contributed by atoms with E-state index in [0.29, 0.717) is 18.0 Å². The molecule has 1 aromatic carbocycles. The molecule has 0 radical (unpaired) electrons. The number of ether oxygens (including phenoxy) is 2. The normalized spacial score (nSPS) is 9.44. The molecule has 0 fully saturated rings. The second-order valence-electron chi connectivity index (χ2n) is 3.34. The molecule has 0 aliphatic carbocycles. The third kappa shape index (κ3) is 4.73. The number of benzene rings is 1. The maximum absolute atomic E-state index is 11.4. The molecule has 98 valence electrons. The Morgan fingerprint density at radius 1 is 1.22 bits per heavy atom. The fourth-order valence-electron chi connectivity index (χ4n) is 1.21. The zero-order valence-electron chi connectivity index (χ0n) is 10.4. The van der Waals surface area contributed by atoms with Crippen LogP contribution < -0.4 is 15.4 Å². The lowest BCUT2D eigenvalue weighted by atomic mass is 10.3. The van der Waals surface area contributed by atoms with Crippen molar-refractivity contribution >= 4 is 17.7 Å². The zero-order valence-corrected chi connectivity index (χ0v) is 10.4. The number of carbonyl (C=O) groups excluding carboxylic acids is 2. The third-order valence-electron chi connectivity index (χ3n) is 2.05. The lowest BCUT2D eigenvalue weighted by Gasteiger charge is -2.07. The summed E-state index contributed by atoms with van der Waals surface area (Å²) >= 11 is 0. The Morgan fingerprint density at radius 2 is 1.89 bits per heavy atom. The molecule has 0 saturated heterocycles. The van der Waals surface area contributed by atoms with Crippen LogP contribution in [0.25, 0.3) is 0 Å². The SMILES string of the molecule is CCOC(=O)CNC(=O)Nc1ccc(OC)cc1. The predicted octanol–water partition coefficient (Wildman–Crippen LogP) is 1.38. The molecule has 2 N–H and O–H groups in total. The van der Waals surface area contributed by atoms with E-state index in [1.54, 1.807) is 38.3 Å². The maximum atomic E-state index is 11.4. The number of urea groups is 1. The minimum Gasteiger partial charge on any atom is -0.497 e. The lowest BCUT2D eigenvalue weighted by molar-refractivity contribution is -0.141. The van der Waals surface area contributed by atoms with Gasteiger partial charge in [0.05, 0.1) is 13.7 Å². The van der Waals surface area contributed by atoms with Crippen LogP contribution in [0.15, 0.2) is 24.3 Å². The summed E-state index contributed by atoms with van der Waals surface area (Å²) in [6.45, 7) is 1.84. The van der Waals surface area contributed by atoms with Crippen LogP contribution in [0.3, 0.4) is 0 Å². The minimum atomic E-state index is -0.470. The molecular weight excluding hydrogens is 236 g/mol. The number of esters is 1. The van der Waals surface area contributed by atoms with Crippen molar-refractivity contribution in [2.24, 2.45) is 0 Å². The van der Waals surface area contributed by atoms with Crippen LogP contribution in [-0.2, 0) is 9.53 Å². The molecule has 0 aliphatic heterocycles. The first kappa shape index (κ1) is 13.8. The van der Waals surface area contributed by atoms with Gasteiger partial charge in [0.1, 0.15) is 12.3 Å². The van der Waals surface area contributed by atoms with E-state index < -0.39 is 12.0 Å². The van der Waals surface area contributed by atoms with Gasteiger partial charge in [-0.3, -0.25) is 4.79 Å². The van der Waals surface area contributed by atoms with Crippen LogP contribution in [0.5, 0.6) is 5.75 Å². The summed E-state index contributed by atoms with van der Waals surface area (Å²) in [5, 5.41) is 4.97. The highest BCUT2D eigenvalue weighted by Crippen LogP contribution is 2.14. The largest absolute Gasteiger partial charge is 0.497 e. The van der Waals surface area contributed by atoms with Crippen LogP contribution >= 0.6 is 0 Å². The van der Waals surface area contributed by atoms with Gasteiger partial charge in [-0.1, -0.05) is 0 Å². The van der Waals surface area contributed by atoms with Crippen molar-refractivity contribution in [3.63, 3.8) is 0 Å². The van der Waals surface area contributed by atoms with Crippen molar-refractivity contribution in [1.29, 1.82) is 0 Å². The topological polar surface area (TPSA) is 76.7 Å². The van der Waals surface area contributed by atoms with Gasteiger partial charge in [-0.15, -0.1) is 0 Å². The highest BCUT2D eigenvalue weighted by molar-refractivity contribution is 5.91. The van der Waals surface area contributed by atoms with Crippen LogP contribution in [0.4, 0.5) is 10.5 Å². The molecule has 0 spiro atoms. The van der Waals surface area contributed by atoms with Gasteiger partial charge in [0.15, 0.2) is 0 Å². The van der Waals surface area contributed by atoms with Crippen LogP contribution in [0.1, 0.15) is 6.92 Å². The van der Waals surface area contributed by atoms with Crippen molar-refractivity contribution in [1.82, 2.24) is 5.32 Å². The van der Waals surface area contributed by atoms with E-state index in [-0.39, 0.29) is 6.54 Å². The number of hydrogen-bond acceptors (Lipinski definition) is 4. The first-order chi connectivity index (χ1) is 8.65. The number of carbonyl (C=O) groups is 2. The van der Waals surface area contributed by atoms with Crippen LogP contribution in [-0.4, -0.2) is 32.3 Å². The molecule has 1 rings (SSSR count). The van der Waals surface area contributed by atoms with E-state index in [1.165, 1.54) is 0 Å². The van der Waals surface area contributed by atoms with E-state index in [4.69, 9.17) is 4.74 Å². The average Bonchev–Trinajstić information content (AvgIpc) is 2.38. The average molecular weight is 252 g/mol. The number of nitrogens with one attached hydrogen (secondary N) is 2. The summed E-state index contributed by atoms with van der Waals surface area (Å²) < 4.78 is 9.67. The number of anilines is 1. The maximum Gasteiger partial charge on any atom is 0.325 e. The monoisotopic (exact) mass is 252 g/mol. The van der Waals surface area contributed by atoms with Gasteiger partial charge in [0.25, 0.3) is 0 Å². The van der Waals surface area contributed by atoms with Crippen molar-refractivity contribution in [2.45, 2.75) is 6.92 Å². The summed E-state index contributed by atoms with van der Waals surface area (Å²) in [6, 6.07) is 6.38. The Bertz CT molecular complexity index is 403. The summed E-state index contributed by atoms with van der Waals surface area (Å²) in [6.07, 6.45) is 0. The standard InChI is InChI=1S/C12H16N2O4/c1-3-18-11(15)8-13-12(16)14-9-4-6-10(17-2)7-5-9/h4-7H,3,8H2,1-2H3,(H2,13,14,16). The molecule has 0 unspecified atom stereocenters. The zero-order chi connectivity index (χ0) is 13.4. The Labute approximate surface area is 105 Å². The summed E-state index contributed by atoms with van der Waals surface area (Å²) in [4.78, 5) is 22.4. The van der Waals surface area contributed by atoms with E-state index in [2.05, 4.69) is 15.4 Å². The molecular formula is C12H16N2O4. The number of methoxy groups -OCH3 is 1. The Morgan fingerprint density at radius 3 is 2.44 bits per heavy atom. The molecule has 2 amide bonds. The van der Waals surface area contributed by atoms with E-state index in [1.807, 2.05) is 0 Å². The number of amides is 2. The molecule has 1 aromatic rings. The first-order valence-corrected chi connectivity index (χ1v) is 5.50. The fraction of sp³-hybridized carbons (Fsp3) is 0.333. The van der Waals surface area contributed by atoms with E-state index in [9.17, 15) is 9.59 Å². The van der Waals surface area contributed by atoms with Gasteiger partial charge < -0.3 is 20.1 Å². The highest BCUT2D eigenvalue weighted by atomic mass is 16.5. The quantitative estimate of drug-likeness (QED) is 0.776. The van der Waals surface area contributed by atoms with Crippen LogP contribution in [0.2, 0.25) is 0 Å². The van der Waals surface area contributed by atoms with Crippen LogP contribution in [0, 0.1) is 0 Å². The van der Waals surface area contributed by atoms with E-state index >= 15 is 0 Å². The molecule has 18 heavy (non-hydrogen) atoms. The summed E-state index contributed by atoms with van der Waals surface area (Å²) in [5.74, 6) is 0.231. The number of hydrogen-bond donors (Lipinski definition) is 2. The molecule has 0 aromatic heterocycles. The Kier molecular flexibility index (Phi) is 5.50. The second-order valence-corrected chi connectivity index (χ2v) is 3.34. The molecule has 0 heterocycles. The van der Waals surface area contributed by atoms with E-state index in [0.717, 1.165) is 0 Å². The smallest absolute Gasteiger partial charge is 0.325 e. The van der Waals surface area contributed by atoms with Gasteiger partial charge in [0.2, 0.25) is 0 Å². The minimum absolute atomic E-state index is 0.157. The van der Waals surface area contributed by atoms with Crippen molar-refractivity contribution in [3.05, 3.63) is 24.3 Å². The molecule has 0 atom stereocenters. The summed E-state index contributed by atoms with van der Waals surface area (Å²) in [7, 11) is 1.56. The predicted molar refractivity (Wildman–Crippen MR) is 66.6 cm³/mol. The first-order valence-electron chi connectivity index (χ1n) is 5.50. The lowest BCUT2D eigenvalue weighted by Crippen LogP contribution is -2.34. The van der Waals surface area contributed by atoms with Gasteiger partial charge >= 0.3 is 12.0 Å². The fourth-order valence-corrected chi connectivity index (χ4v) is 1.21. The third-order valence-corrected chi connectivity index (χ3v) is 2.05. The van der Waals surface area contributed by atoms with Gasteiger partial charge in [0, 0.05) is 5.69 Å². The molecule has 0 saturated carbocycles. The summed E-state index contributed by atoms with van der Waals surface area (Å²) in [5.41, 5.74) is 0.608. The Hall–Kier alpha value is -2.24. The van der Waals surface area contributed by atoms with Gasteiger partial charge in [-0.05, 0) is 31.2 Å². The van der Waals surface area contributed by atoms with Gasteiger partial charge in [-0.25, -0.2) is 4.79 Å². The number of rotatable bonds is 5.